The predicted octanol–water partition coefficient (Wildman–Crippen LogP) is 4.38. The minimum absolute atomic E-state index is 0.196. The number of hydrogen-bond donors (Lipinski definition) is 1. The molecule has 1 amide bonds. The third-order valence-electron chi connectivity index (χ3n) is 4.70. The normalized spacial score (nSPS) is 13.6. The van der Waals surface area contributed by atoms with Crippen molar-refractivity contribution in [3.8, 4) is 0 Å². The van der Waals surface area contributed by atoms with E-state index in [1.807, 2.05) is 45.0 Å². The van der Waals surface area contributed by atoms with Gasteiger partial charge in [-0.2, -0.15) is 0 Å². The first-order valence-corrected chi connectivity index (χ1v) is 11.4. The molecule has 0 saturated carbocycles. The molecule has 0 fully saturated rings. The Morgan fingerprint density at radius 3 is 2.25 bits per heavy atom. The van der Waals surface area contributed by atoms with Crippen molar-refractivity contribution in [2.24, 2.45) is 0 Å². The van der Waals surface area contributed by atoms with Gasteiger partial charge in [0.05, 0.1) is 18.0 Å². The maximum Gasteiger partial charge on any atom is 0.244 e. The topological polar surface area (TPSA) is 66.5 Å². The molecule has 0 aromatic heterocycles. The molecule has 7 heteroatoms. The molecule has 0 aliphatic carbocycles. The van der Waals surface area contributed by atoms with Crippen LogP contribution in [-0.2, 0) is 14.8 Å². The molecule has 28 heavy (non-hydrogen) atoms. The Hall–Kier alpha value is -2.05. The van der Waals surface area contributed by atoms with Gasteiger partial charge in [0.25, 0.3) is 0 Å². The van der Waals surface area contributed by atoms with Gasteiger partial charge in [0.2, 0.25) is 15.9 Å². The molecule has 2 aromatic rings. The number of nitrogens with zero attached hydrogens (tertiary/aromatic N) is 1. The number of rotatable bonds is 7. The van der Waals surface area contributed by atoms with Crippen LogP contribution in [0.25, 0.3) is 0 Å². The van der Waals surface area contributed by atoms with Crippen LogP contribution >= 0.6 is 11.6 Å². The van der Waals surface area contributed by atoms with Crippen LogP contribution in [0.1, 0.15) is 43.0 Å². The third-order valence-corrected chi connectivity index (χ3v) is 6.35. The van der Waals surface area contributed by atoms with Crippen molar-refractivity contribution in [1.82, 2.24) is 5.32 Å². The zero-order chi connectivity index (χ0) is 21.1. The highest BCUT2D eigenvalue weighted by Crippen LogP contribution is 2.27. The lowest BCUT2D eigenvalue weighted by atomic mass is 10.0. The summed E-state index contributed by atoms with van der Waals surface area (Å²) in [5.41, 5.74) is 3.32. The summed E-state index contributed by atoms with van der Waals surface area (Å²) < 4.78 is 26.0. The summed E-state index contributed by atoms with van der Waals surface area (Å²) in [6.07, 6.45) is 1.78. The second-order valence-corrected chi connectivity index (χ2v) is 9.32. The van der Waals surface area contributed by atoms with Gasteiger partial charge in [-0.05, 0) is 50.5 Å². The quantitative estimate of drug-likeness (QED) is 0.720. The highest BCUT2D eigenvalue weighted by atomic mass is 35.5. The van der Waals surface area contributed by atoms with E-state index in [0.717, 1.165) is 27.3 Å². The number of hydrogen-bond acceptors (Lipinski definition) is 3. The fraction of sp³-hybridized carbons (Fsp3) is 0.381. The van der Waals surface area contributed by atoms with Crippen molar-refractivity contribution in [1.29, 1.82) is 0 Å². The number of amides is 1. The molecule has 0 aliphatic heterocycles. The van der Waals surface area contributed by atoms with Gasteiger partial charge in [0.15, 0.2) is 0 Å². The summed E-state index contributed by atoms with van der Waals surface area (Å²) in [6.45, 7) is 7.39. The number of nitrogens with one attached hydrogen (secondary N) is 1. The van der Waals surface area contributed by atoms with E-state index < -0.39 is 16.1 Å². The van der Waals surface area contributed by atoms with Crippen molar-refractivity contribution in [3.63, 3.8) is 0 Å². The van der Waals surface area contributed by atoms with E-state index in [0.29, 0.717) is 17.1 Å². The molecule has 0 bridgehead atoms. The summed E-state index contributed by atoms with van der Waals surface area (Å²) in [5.74, 6) is -0.366. The number of benzene rings is 2. The van der Waals surface area contributed by atoms with Gasteiger partial charge in [-0.3, -0.25) is 9.10 Å². The molecule has 5 nitrogen and oxygen atoms in total. The molecule has 0 spiro atoms. The molecule has 2 atom stereocenters. The van der Waals surface area contributed by atoms with Crippen LogP contribution in [0.15, 0.2) is 42.5 Å². The van der Waals surface area contributed by atoms with Gasteiger partial charge in [0.1, 0.15) is 6.04 Å². The minimum atomic E-state index is -3.69. The summed E-state index contributed by atoms with van der Waals surface area (Å²) in [4.78, 5) is 12.9. The van der Waals surface area contributed by atoms with Gasteiger partial charge in [-0.15, -0.1) is 0 Å². The number of anilines is 1. The molecule has 0 saturated heterocycles. The molecular formula is C21H27ClN2O3S. The van der Waals surface area contributed by atoms with E-state index in [1.165, 1.54) is 0 Å². The standard InChI is InChI=1S/C21H27ClN2O3S/c1-6-20(17-10-7-14(2)8-11-17)23-21(25)16(4)24(28(5,26)27)18-12-9-15(3)19(22)13-18/h7-13,16,20H,6H2,1-5H3,(H,23,25). The molecular weight excluding hydrogens is 396 g/mol. The van der Waals surface area contributed by atoms with Gasteiger partial charge in [-0.25, -0.2) is 8.42 Å². The molecule has 0 radical (unpaired) electrons. The lowest BCUT2D eigenvalue weighted by Gasteiger charge is -2.30. The van der Waals surface area contributed by atoms with Crippen molar-refractivity contribution in [2.75, 3.05) is 10.6 Å². The summed E-state index contributed by atoms with van der Waals surface area (Å²) >= 11 is 6.17. The van der Waals surface area contributed by atoms with E-state index >= 15 is 0 Å². The van der Waals surface area contributed by atoms with Crippen molar-refractivity contribution in [2.45, 2.75) is 46.2 Å². The molecule has 0 aliphatic rings. The van der Waals surface area contributed by atoms with Crippen LogP contribution in [-0.4, -0.2) is 26.6 Å². The summed E-state index contributed by atoms with van der Waals surface area (Å²) in [5, 5.41) is 3.42. The van der Waals surface area contributed by atoms with Crippen LogP contribution < -0.4 is 9.62 Å². The largest absolute Gasteiger partial charge is 0.347 e. The van der Waals surface area contributed by atoms with E-state index in [-0.39, 0.29) is 11.9 Å². The smallest absolute Gasteiger partial charge is 0.244 e. The maximum absolute atomic E-state index is 12.9. The highest BCUT2D eigenvalue weighted by Gasteiger charge is 2.30. The minimum Gasteiger partial charge on any atom is -0.347 e. The Morgan fingerprint density at radius 2 is 1.75 bits per heavy atom. The highest BCUT2D eigenvalue weighted by molar-refractivity contribution is 7.92. The van der Waals surface area contributed by atoms with Crippen LogP contribution in [0.5, 0.6) is 0 Å². The summed E-state index contributed by atoms with van der Waals surface area (Å²) in [6, 6.07) is 11.8. The Labute approximate surface area is 172 Å². The lowest BCUT2D eigenvalue weighted by molar-refractivity contribution is -0.122. The van der Waals surface area contributed by atoms with Gasteiger partial charge >= 0.3 is 0 Å². The number of halogens is 1. The zero-order valence-electron chi connectivity index (χ0n) is 16.9. The number of carbonyl (C=O) groups excluding carboxylic acids is 1. The first-order chi connectivity index (χ1) is 13.0. The fourth-order valence-corrected chi connectivity index (χ4v) is 4.38. The Balaban J connectivity index is 2.30. The van der Waals surface area contributed by atoms with Gasteiger partial charge in [-0.1, -0.05) is 54.4 Å². The Bertz CT molecular complexity index is 943. The average Bonchev–Trinajstić information content (AvgIpc) is 2.62. The Kier molecular flexibility index (Phi) is 7.12. The molecule has 0 heterocycles. The molecule has 1 N–H and O–H groups in total. The number of carbonyl (C=O) groups is 1. The van der Waals surface area contributed by atoms with Crippen LogP contribution in [0.4, 0.5) is 5.69 Å². The average molecular weight is 423 g/mol. The third kappa shape index (κ3) is 5.26. The predicted molar refractivity (Wildman–Crippen MR) is 115 cm³/mol. The molecule has 152 valence electrons. The second kappa shape index (κ2) is 8.97. The van der Waals surface area contributed by atoms with Crippen molar-refractivity contribution < 1.29 is 13.2 Å². The van der Waals surface area contributed by atoms with E-state index in [9.17, 15) is 13.2 Å². The van der Waals surface area contributed by atoms with Crippen LogP contribution in [0.2, 0.25) is 5.02 Å². The molecule has 2 aromatic carbocycles. The monoisotopic (exact) mass is 422 g/mol. The van der Waals surface area contributed by atoms with E-state index in [2.05, 4.69) is 5.32 Å². The number of sulfonamides is 1. The zero-order valence-corrected chi connectivity index (χ0v) is 18.4. The van der Waals surface area contributed by atoms with E-state index in [1.54, 1.807) is 25.1 Å². The molecule has 2 rings (SSSR count). The van der Waals surface area contributed by atoms with Crippen molar-refractivity contribution >= 4 is 33.2 Å². The molecule has 2 unspecified atom stereocenters. The van der Waals surface area contributed by atoms with Crippen LogP contribution in [0, 0.1) is 13.8 Å². The second-order valence-electron chi connectivity index (χ2n) is 7.05. The summed E-state index contributed by atoms with van der Waals surface area (Å²) in [7, 11) is -3.69. The Morgan fingerprint density at radius 1 is 1.14 bits per heavy atom. The maximum atomic E-state index is 12.9. The SMILES string of the molecule is CCC(NC(=O)C(C)N(c1ccc(C)c(Cl)c1)S(C)(=O)=O)c1ccc(C)cc1. The van der Waals surface area contributed by atoms with Gasteiger partial charge in [0, 0.05) is 5.02 Å². The van der Waals surface area contributed by atoms with Gasteiger partial charge < -0.3 is 5.32 Å². The first-order valence-electron chi connectivity index (χ1n) is 9.17. The lowest BCUT2D eigenvalue weighted by Crippen LogP contribution is -2.48. The van der Waals surface area contributed by atoms with Crippen molar-refractivity contribution in [3.05, 3.63) is 64.2 Å². The number of aryl methyl sites for hydroxylation is 2. The van der Waals surface area contributed by atoms with Crippen LogP contribution in [0.3, 0.4) is 0 Å². The first kappa shape index (κ1) is 22.2. The van der Waals surface area contributed by atoms with E-state index in [4.69, 9.17) is 11.6 Å². The fourth-order valence-electron chi connectivity index (χ4n) is 3.04.